The molecule has 1 amide bonds. The van der Waals surface area contributed by atoms with Crippen molar-refractivity contribution in [3.05, 3.63) is 0 Å². The lowest BCUT2D eigenvalue weighted by Gasteiger charge is -2.15. The van der Waals surface area contributed by atoms with E-state index in [-0.39, 0.29) is 18.4 Å². The highest BCUT2D eigenvalue weighted by Gasteiger charge is 2.16. The first kappa shape index (κ1) is 14.4. The van der Waals surface area contributed by atoms with Crippen molar-refractivity contribution >= 4 is 5.91 Å². The number of carbonyl (C=O) groups excluding carboxylic acids is 1. The van der Waals surface area contributed by atoms with Crippen LogP contribution in [0.1, 0.15) is 33.6 Å². The maximum atomic E-state index is 11.4. The van der Waals surface area contributed by atoms with Crippen LogP contribution < -0.4 is 11.1 Å². The van der Waals surface area contributed by atoms with Gasteiger partial charge in [-0.3, -0.25) is 4.79 Å². The number of aliphatic hydroxyl groups is 1. The van der Waals surface area contributed by atoms with Gasteiger partial charge in [0.1, 0.15) is 0 Å². The molecule has 4 heteroatoms. The summed E-state index contributed by atoms with van der Waals surface area (Å²) in [4.78, 5) is 11.4. The van der Waals surface area contributed by atoms with E-state index in [4.69, 9.17) is 10.8 Å². The fraction of sp³-hybridized carbons (Fsp3) is 0.909. The van der Waals surface area contributed by atoms with E-state index in [1.807, 2.05) is 20.8 Å². The summed E-state index contributed by atoms with van der Waals surface area (Å²) in [7, 11) is 0. The van der Waals surface area contributed by atoms with Gasteiger partial charge in [-0.1, -0.05) is 20.8 Å². The van der Waals surface area contributed by atoms with E-state index in [0.29, 0.717) is 12.5 Å². The zero-order chi connectivity index (χ0) is 11.8. The molecule has 4 nitrogen and oxygen atoms in total. The number of hydrogen-bond donors (Lipinski definition) is 3. The van der Waals surface area contributed by atoms with Gasteiger partial charge in [0, 0.05) is 13.2 Å². The van der Waals surface area contributed by atoms with Crippen LogP contribution >= 0.6 is 0 Å². The molecule has 0 aliphatic heterocycles. The summed E-state index contributed by atoms with van der Waals surface area (Å²) in [5.74, 6) is 0.392. The molecule has 0 saturated heterocycles. The van der Waals surface area contributed by atoms with Crippen LogP contribution in [0.3, 0.4) is 0 Å². The average molecular weight is 216 g/mol. The minimum absolute atomic E-state index is 0.0818. The molecule has 0 saturated carbocycles. The SMILES string of the molecule is CC(CO)CCCNC(=O)[C@@H](N)C(C)C. The largest absolute Gasteiger partial charge is 0.396 e. The quantitative estimate of drug-likeness (QED) is 0.542. The molecule has 4 N–H and O–H groups in total. The second-order valence-electron chi connectivity index (χ2n) is 4.49. The second kappa shape index (κ2) is 7.65. The molecule has 0 aromatic carbocycles. The van der Waals surface area contributed by atoms with E-state index < -0.39 is 6.04 Å². The van der Waals surface area contributed by atoms with Gasteiger partial charge in [0.05, 0.1) is 6.04 Å². The Morgan fingerprint density at radius 1 is 1.40 bits per heavy atom. The van der Waals surface area contributed by atoms with Gasteiger partial charge < -0.3 is 16.2 Å². The van der Waals surface area contributed by atoms with Gasteiger partial charge in [0.25, 0.3) is 0 Å². The van der Waals surface area contributed by atoms with Gasteiger partial charge >= 0.3 is 0 Å². The first-order valence-corrected chi connectivity index (χ1v) is 5.63. The van der Waals surface area contributed by atoms with Crippen molar-refractivity contribution in [2.24, 2.45) is 17.6 Å². The molecular weight excluding hydrogens is 192 g/mol. The van der Waals surface area contributed by atoms with Crippen LogP contribution in [-0.4, -0.2) is 30.2 Å². The number of nitrogens with two attached hydrogens (primary N) is 1. The van der Waals surface area contributed by atoms with Crippen molar-refractivity contribution in [3.8, 4) is 0 Å². The zero-order valence-corrected chi connectivity index (χ0v) is 9.99. The zero-order valence-electron chi connectivity index (χ0n) is 9.99. The Morgan fingerprint density at radius 2 is 2.00 bits per heavy atom. The Morgan fingerprint density at radius 3 is 2.47 bits per heavy atom. The van der Waals surface area contributed by atoms with E-state index in [2.05, 4.69) is 5.32 Å². The average Bonchev–Trinajstić information content (AvgIpc) is 2.22. The number of rotatable bonds is 7. The van der Waals surface area contributed by atoms with Crippen LogP contribution in [0, 0.1) is 11.8 Å². The normalized spacial score (nSPS) is 15.1. The third-order valence-electron chi connectivity index (χ3n) is 2.51. The standard InChI is InChI=1S/C11H24N2O2/c1-8(2)10(12)11(15)13-6-4-5-9(3)7-14/h8-10,14H,4-7,12H2,1-3H3,(H,13,15)/t9?,10-/m0/s1. The van der Waals surface area contributed by atoms with Crippen LogP contribution in [0.5, 0.6) is 0 Å². The molecule has 0 aliphatic rings. The first-order valence-electron chi connectivity index (χ1n) is 5.63. The summed E-state index contributed by atoms with van der Waals surface area (Å²) >= 11 is 0. The van der Waals surface area contributed by atoms with Crippen molar-refractivity contribution in [1.29, 1.82) is 0 Å². The monoisotopic (exact) mass is 216 g/mol. The lowest BCUT2D eigenvalue weighted by molar-refractivity contribution is -0.123. The van der Waals surface area contributed by atoms with Crippen molar-refractivity contribution in [3.63, 3.8) is 0 Å². The van der Waals surface area contributed by atoms with E-state index >= 15 is 0 Å². The molecule has 0 spiro atoms. The topological polar surface area (TPSA) is 75.3 Å². The van der Waals surface area contributed by atoms with E-state index in [9.17, 15) is 4.79 Å². The first-order chi connectivity index (χ1) is 6.99. The van der Waals surface area contributed by atoms with E-state index in [1.165, 1.54) is 0 Å². The minimum Gasteiger partial charge on any atom is -0.396 e. The molecule has 0 bridgehead atoms. The van der Waals surface area contributed by atoms with Crippen LogP contribution in [0.15, 0.2) is 0 Å². The molecule has 0 fully saturated rings. The molecule has 0 aliphatic carbocycles. The molecule has 15 heavy (non-hydrogen) atoms. The Bertz CT molecular complexity index is 183. The molecule has 1 unspecified atom stereocenters. The molecule has 0 aromatic rings. The Balaban J connectivity index is 3.55. The van der Waals surface area contributed by atoms with Gasteiger partial charge in [0.15, 0.2) is 0 Å². The third kappa shape index (κ3) is 6.47. The predicted octanol–water partition coefficient (Wildman–Crippen LogP) is 0.494. The fourth-order valence-electron chi connectivity index (χ4n) is 1.17. The fourth-order valence-corrected chi connectivity index (χ4v) is 1.17. The van der Waals surface area contributed by atoms with Crippen molar-refractivity contribution in [2.75, 3.05) is 13.2 Å². The number of nitrogens with one attached hydrogen (secondary N) is 1. The van der Waals surface area contributed by atoms with E-state index in [0.717, 1.165) is 12.8 Å². The Labute approximate surface area is 92.2 Å². The highest BCUT2D eigenvalue weighted by Crippen LogP contribution is 2.03. The lowest BCUT2D eigenvalue weighted by Crippen LogP contribution is -2.44. The summed E-state index contributed by atoms with van der Waals surface area (Å²) < 4.78 is 0. The minimum atomic E-state index is -0.416. The molecule has 0 heterocycles. The van der Waals surface area contributed by atoms with Crippen LogP contribution in [0.25, 0.3) is 0 Å². The van der Waals surface area contributed by atoms with Gasteiger partial charge in [0.2, 0.25) is 5.91 Å². The maximum absolute atomic E-state index is 11.4. The van der Waals surface area contributed by atoms with Crippen molar-refractivity contribution in [1.82, 2.24) is 5.32 Å². The highest BCUT2D eigenvalue weighted by atomic mass is 16.3. The molecule has 0 aromatic heterocycles. The summed E-state index contributed by atoms with van der Waals surface area (Å²) in [5, 5.41) is 11.6. The van der Waals surface area contributed by atoms with Gasteiger partial charge in [-0.2, -0.15) is 0 Å². The highest BCUT2D eigenvalue weighted by molar-refractivity contribution is 5.81. The summed E-state index contributed by atoms with van der Waals surface area (Å²) in [6.07, 6.45) is 1.81. The number of amides is 1. The lowest BCUT2D eigenvalue weighted by atomic mass is 10.0. The van der Waals surface area contributed by atoms with Gasteiger partial charge in [-0.15, -0.1) is 0 Å². The second-order valence-corrected chi connectivity index (χ2v) is 4.49. The molecule has 2 atom stereocenters. The molecule has 0 radical (unpaired) electrons. The molecule has 90 valence electrons. The van der Waals surface area contributed by atoms with Crippen LogP contribution in [-0.2, 0) is 4.79 Å². The summed E-state index contributed by atoms with van der Waals surface area (Å²) in [6.45, 7) is 6.70. The van der Waals surface area contributed by atoms with E-state index in [1.54, 1.807) is 0 Å². The van der Waals surface area contributed by atoms with Crippen LogP contribution in [0.2, 0.25) is 0 Å². The molecular formula is C11H24N2O2. The molecule has 0 rings (SSSR count). The Hall–Kier alpha value is -0.610. The van der Waals surface area contributed by atoms with Gasteiger partial charge in [-0.05, 0) is 24.7 Å². The van der Waals surface area contributed by atoms with Gasteiger partial charge in [-0.25, -0.2) is 0 Å². The third-order valence-corrected chi connectivity index (χ3v) is 2.51. The number of aliphatic hydroxyl groups excluding tert-OH is 1. The summed E-state index contributed by atoms with van der Waals surface area (Å²) in [6, 6.07) is -0.416. The number of carbonyl (C=O) groups is 1. The predicted molar refractivity (Wildman–Crippen MR) is 61.3 cm³/mol. The summed E-state index contributed by atoms with van der Waals surface area (Å²) in [5.41, 5.74) is 5.68. The smallest absolute Gasteiger partial charge is 0.237 e. The Kier molecular flexibility index (Phi) is 7.34. The van der Waals surface area contributed by atoms with Crippen molar-refractivity contribution < 1.29 is 9.90 Å². The number of hydrogen-bond acceptors (Lipinski definition) is 3. The van der Waals surface area contributed by atoms with Crippen molar-refractivity contribution in [2.45, 2.75) is 39.7 Å². The van der Waals surface area contributed by atoms with Crippen LogP contribution in [0.4, 0.5) is 0 Å². The maximum Gasteiger partial charge on any atom is 0.237 e.